The third-order valence-electron chi connectivity index (χ3n) is 1.91. The highest BCUT2D eigenvalue weighted by molar-refractivity contribution is 6.19. The van der Waals surface area contributed by atoms with Gasteiger partial charge in [-0.25, -0.2) is 0 Å². The Hall–Kier alpha value is -1.29. The first kappa shape index (κ1) is 12.8. The third-order valence-corrected chi connectivity index (χ3v) is 2.08. The fourth-order valence-corrected chi connectivity index (χ4v) is 1.30. The van der Waals surface area contributed by atoms with Crippen molar-refractivity contribution in [3.05, 3.63) is 41.0 Å². The molecule has 0 aliphatic heterocycles. The molecule has 1 aromatic carbocycles. The summed E-state index contributed by atoms with van der Waals surface area (Å²) in [5.41, 5.74) is -0.840. The highest BCUT2D eigenvalue weighted by atomic mass is 35.5. The lowest BCUT2D eigenvalue weighted by Gasteiger charge is -2.10. The summed E-state index contributed by atoms with van der Waals surface area (Å²) >= 11 is 5.35. The van der Waals surface area contributed by atoms with Gasteiger partial charge in [-0.15, -0.1) is 11.6 Å². The van der Waals surface area contributed by atoms with Crippen LogP contribution in [-0.2, 0) is 6.18 Å². The summed E-state index contributed by atoms with van der Waals surface area (Å²) in [5.74, 6) is 0.132. The van der Waals surface area contributed by atoms with E-state index in [-0.39, 0.29) is 17.0 Å². The zero-order valence-corrected chi connectivity index (χ0v) is 8.85. The molecule has 1 aromatic rings. The van der Waals surface area contributed by atoms with Gasteiger partial charge < -0.3 is 0 Å². The Labute approximate surface area is 95.5 Å². The maximum atomic E-state index is 12.6. The first-order valence-electron chi connectivity index (χ1n) is 4.38. The first-order valence-corrected chi connectivity index (χ1v) is 4.91. The van der Waals surface area contributed by atoms with Crippen LogP contribution in [0.2, 0.25) is 0 Å². The quantitative estimate of drug-likeness (QED) is 0.588. The van der Waals surface area contributed by atoms with Crippen LogP contribution in [0.3, 0.4) is 0 Å². The van der Waals surface area contributed by atoms with E-state index >= 15 is 0 Å². The maximum absolute atomic E-state index is 12.6. The van der Waals surface area contributed by atoms with Crippen molar-refractivity contribution in [1.29, 1.82) is 0 Å². The standard InChI is InChI=1S/C11H8ClF3O/c12-5-1-2-9-4-3-8(7-16)6-10(9)11(13,14)15/h1-4,6-7H,5H2. The predicted octanol–water partition coefficient (Wildman–Crippen LogP) is 3.77. The molecule has 1 nitrogen and oxygen atoms in total. The molecular formula is C11H8ClF3O. The molecule has 0 radical (unpaired) electrons. The van der Waals surface area contributed by atoms with Gasteiger partial charge in [-0.05, 0) is 11.6 Å². The summed E-state index contributed by atoms with van der Waals surface area (Å²) < 4.78 is 37.8. The number of aldehydes is 1. The van der Waals surface area contributed by atoms with Gasteiger partial charge in [-0.2, -0.15) is 13.2 Å². The molecule has 0 amide bonds. The van der Waals surface area contributed by atoms with Crippen molar-refractivity contribution in [2.75, 3.05) is 5.88 Å². The highest BCUT2D eigenvalue weighted by Crippen LogP contribution is 2.33. The van der Waals surface area contributed by atoms with E-state index < -0.39 is 11.7 Å². The van der Waals surface area contributed by atoms with E-state index in [1.807, 2.05) is 0 Å². The van der Waals surface area contributed by atoms with Crippen LogP contribution in [0.1, 0.15) is 21.5 Å². The Morgan fingerprint density at radius 2 is 2.00 bits per heavy atom. The number of hydrogen-bond acceptors (Lipinski definition) is 1. The van der Waals surface area contributed by atoms with Crippen LogP contribution in [0.25, 0.3) is 6.08 Å². The smallest absolute Gasteiger partial charge is 0.298 e. The van der Waals surface area contributed by atoms with Crippen LogP contribution in [0.4, 0.5) is 13.2 Å². The molecular weight excluding hydrogens is 241 g/mol. The molecule has 0 saturated heterocycles. The van der Waals surface area contributed by atoms with Crippen LogP contribution in [-0.4, -0.2) is 12.2 Å². The van der Waals surface area contributed by atoms with Crippen LogP contribution in [0, 0.1) is 0 Å². The average Bonchev–Trinajstić information content (AvgIpc) is 2.25. The lowest BCUT2D eigenvalue weighted by atomic mass is 10.0. The van der Waals surface area contributed by atoms with Crippen molar-refractivity contribution in [2.24, 2.45) is 0 Å². The minimum absolute atomic E-state index is 0.00116. The molecule has 0 fully saturated rings. The van der Waals surface area contributed by atoms with Gasteiger partial charge in [0.1, 0.15) is 6.29 Å². The zero-order valence-electron chi connectivity index (χ0n) is 8.09. The maximum Gasteiger partial charge on any atom is 0.417 e. The van der Waals surface area contributed by atoms with E-state index in [1.54, 1.807) is 0 Å². The van der Waals surface area contributed by atoms with E-state index in [0.29, 0.717) is 6.29 Å². The summed E-state index contributed by atoms with van der Waals surface area (Å²) in [7, 11) is 0. The fourth-order valence-electron chi connectivity index (χ4n) is 1.21. The second-order valence-electron chi connectivity index (χ2n) is 3.02. The second-order valence-corrected chi connectivity index (χ2v) is 3.33. The van der Waals surface area contributed by atoms with Gasteiger partial charge in [-0.1, -0.05) is 24.3 Å². The number of alkyl halides is 4. The molecule has 0 aromatic heterocycles. The van der Waals surface area contributed by atoms with Gasteiger partial charge in [-0.3, -0.25) is 4.79 Å². The Balaban J connectivity index is 3.27. The molecule has 86 valence electrons. The van der Waals surface area contributed by atoms with Crippen LogP contribution in [0.5, 0.6) is 0 Å². The van der Waals surface area contributed by atoms with Gasteiger partial charge in [0.05, 0.1) is 5.56 Å². The van der Waals surface area contributed by atoms with Gasteiger partial charge in [0.2, 0.25) is 0 Å². The Morgan fingerprint density at radius 3 is 2.50 bits per heavy atom. The van der Waals surface area contributed by atoms with Crippen molar-refractivity contribution < 1.29 is 18.0 Å². The predicted molar refractivity (Wildman–Crippen MR) is 56.6 cm³/mol. The van der Waals surface area contributed by atoms with Crippen molar-refractivity contribution in [3.8, 4) is 0 Å². The molecule has 0 spiro atoms. The SMILES string of the molecule is O=Cc1ccc(C=CCCl)c(C(F)(F)F)c1. The van der Waals surface area contributed by atoms with Gasteiger partial charge >= 0.3 is 6.18 Å². The molecule has 0 bridgehead atoms. The summed E-state index contributed by atoms with van der Waals surface area (Å²) in [6.07, 6.45) is -1.41. The molecule has 16 heavy (non-hydrogen) atoms. The zero-order chi connectivity index (χ0) is 12.2. The van der Waals surface area contributed by atoms with Crippen LogP contribution in [0.15, 0.2) is 24.3 Å². The monoisotopic (exact) mass is 248 g/mol. The molecule has 0 heterocycles. The molecule has 0 saturated carbocycles. The lowest BCUT2D eigenvalue weighted by Crippen LogP contribution is -2.08. The van der Waals surface area contributed by atoms with E-state index in [1.165, 1.54) is 24.3 Å². The number of carbonyl (C=O) groups is 1. The molecule has 0 aliphatic carbocycles. The number of halogens is 4. The number of carbonyl (C=O) groups excluding carboxylic acids is 1. The topological polar surface area (TPSA) is 17.1 Å². The molecule has 0 aliphatic rings. The van der Waals surface area contributed by atoms with E-state index in [0.717, 1.165) is 6.07 Å². The third kappa shape index (κ3) is 3.10. The van der Waals surface area contributed by atoms with Crippen LogP contribution >= 0.6 is 11.6 Å². The van der Waals surface area contributed by atoms with E-state index in [9.17, 15) is 18.0 Å². The molecule has 5 heteroatoms. The largest absolute Gasteiger partial charge is 0.417 e. The van der Waals surface area contributed by atoms with E-state index in [2.05, 4.69) is 0 Å². The second kappa shape index (κ2) is 5.16. The molecule has 1 rings (SSSR count). The average molecular weight is 249 g/mol. The van der Waals surface area contributed by atoms with Crippen molar-refractivity contribution in [3.63, 3.8) is 0 Å². The minimum Gasteiger partial charge on any atom is -0.298 e. The number of benzene rings is 1. The summed E-state index contributed by atoms with van der Waals surface area (Å²) in [6, 6.07) is 3.40. The Kier molecular flexibility index (Phi) is 4.12. The lowest BCUT2D eigenvalue weighted by molar-refractivity contribution is -0.137. The van der Waals surface area contributed by atoms with Crippen molar-refractivity contribution >= 4 is 24.0 Å². The normalized spacial score (nSPS) is 12.0. The number of hydrogen-bond donors (Lipinski definition) is 0. The molecule has 0 unspecified atom stereocenters. The van der Waals surface area contributed by atoms with Crippen molar-refractivity contribution in [2.45, 2.75) is 6.18 Å². The molecule has 0 atom stereocenters. The van der Waals surface area contributed by atoms with Gasteiger partial charge in [0, 0.05) is 11.4 Å². The Morgan fingerprint density at radius 1 is 1.31 bits per heavy atom. The first-order chi connectivity index (χ1) is 7.49. The summed E-state index contributed by atoms with van der Waals surface area (Å²) in [6.45, 7) is 0. The minimum atomic E-state index is -4.48. The van der Waals surface area contributed by atoms with Crippen molar-refractivity contribution in [1.82, 2.24) is 0 Å². The van der Waals surface area contributed by atoms with Gasteiger partial charge in [0.25, 0.3) is 0 Å². The highest BCUT2D eigenvalue weighted by Gasteiger charge is 2.32. The molecule has 0 N–H and O–H groups in total. The summed E-state index contributed by atoms with van der Waals surface area (Å²) in [4.78, 5) is 10.4. The fraction of sp³-hybridized carbons (Fsp3) is 0.182. The van der Waals surface area contributed by atoms with Crippen LogP contribution < -0.4 is 0 Å². The van der Waals surface area contributed by atoms with Gasteiger partial charge in [0.15, 0.2) is 0 Å². The number of rotatable bonds is 3. The summed E-state index contributed by atoms with van der Waals surface area (Å²) in [5, 5.41) is 0. The Bertz CT molecular complexity index is 410. The number of allylic oxidation sites excluding steroid dienone is 1. The van der Waals surface area contributed by atoms with E-state index in [4.69, 9.17) is 11.6 Å².